The van der Waals surface area contributed by atoms with Crippen LogP contribution in [0.2, 0.25) is 0 Å². The van der Waals surface area contributed by atoms with Crippen LogP contribution in [-0.2, 0) is 0 Å². The molecule has 0 aliphatic rings. The Hall–Kier alpha value is -4.98. The summed E-state index contributed by atoms with van der Waals surface area (Å²) in [5, 5.41) is 20.4. The van der Waals surface area contributed by atoms with Gasteiger partial charge in [-0.1, -0.05) is 19.4 Å². The summed E-state index contributed by atoms with van der Waals surface area (Å²) in [5.41, 5.74) is 1.16. The molecule has 0 unspecified atom stereocenters. The largest absolute Gasteiger partial charge is 0.507 e. The summed E-state index contributed by atoms with van der Waals surface area (Å²) in [6.45, 7) is 16.2. The lowest BCUT2D eigenvalue weighted by molar-refractivity contribution is 0.102. The summed E-state index contributed by atoms with van der Waals surface area (Å²) in [6, 6.07) is 23.5. The molecule has 4 aromatic carbocycles. The Bertz CT molecular complexity index is 1630. The number of benzene rings is 4. The molecule has 0 amide bonds. The lowest BCUT2D eigenvalue weighted by atomic mass is 10.0. The van der Waals surface area contributed by atoms with Gasteiger partial charge in [0.2, 0.25) is 0 Å². The standard InChI is InChI=1S/2C20H24O4/c1-13(2)23-17-8-6-7-16(19(17)22)18(21)14-9-11-15(12-10-14)24-20(3,4)5;1-4-5-12-23-16-8-6-15(7-9-16)20(22)18-11-10-17(13-19(18)21)24-14(2)3/h6-13,22H,1-5H3;6-11,13-14,21H,4-5,12H2,1-3H3. The molecule has 0 radical (unpaired) electrons. The van der Waals surface area contributed by atoms with Gasteiger partial charge in [-0.15, -0.1) is 0 Å². The normalized spacial score (nSPS) is 11.0. The average molecular weight is 657 g/mol. The second-order valence-electron chi connectivity index (χ2n) is 12.8. The fourth-order valence-corrected chi connectivity index (χ4v) is 4.48. The highest BCUT2D eigenvalue weighted by Gasteiger charge is 2.19. The third kappa shape index (κ3) is 11.4. The molecule has 0 atom stereocenters. The minimum absolute atomic E-state index is 0.00574. The van der Waals surface area contributed by atoms with Crippen molar-refractivity contribution >= 4 is 11.6 Å². The van der Waals surface area contributed by atoms with E-state index < -0.39 is 0 Å². The first kappa shape index (κ1) is 37.5. The van der Waals surface area contributed by atoms with Gasteiger partial charge in [0, 0.05) is 17.2 Å². The minimum atomic E-state index is -0.299. The summed E-state index contributed by atoms with van der Waals surface area (Å²) in [5.74, 6) is 1.58. The maximum absolute atomic E-state index is 12.6. The van der Waals surface area contributed by atoms with E-state index in [1.54, 1.807) is 78.9 Å². The second kappa shape index (κ2) is 17.3. The summed E-state index contributed by atoms with van der Waals surface area (Å²) < 4.78 is 22.4. The van der Waals surface area contributed by atoms with Gasteiger partial charge in [0.25, 0.3) is 0 Å². The van der Waals surface area contributed by atoms with Gasteiger partial charge >= 0.3 is 0 Å². The highest BCUT2D eigenvalue weighted by atomic mass is 16.5. The Balaban J connectivity index is 0.000000260. The first-order valence-corrected chi connectivity index (χ1v) is 16.3. The van der Waals surface area contributed by atoms with Gasteiger partial charge in [-0.3, -0.25) is 9.59 Å². The first-order valence-electron chi connectivity index (χ1n) is 16.3. The van der Waals surface area contributed by atoms with Crippen molar-refractivity contribution in [2.24, 2.45) is 0 Å². The van der Waals surface area contributed by atoms with Crippen molar-refractivity contribution in [2.75, 3.05) is 6.61 Å². The summed E-state index contributed by atoms with van der Waals surface area (Å²) in [7, 11) is 0. The average Bonchev–Trinajstić information content (AvgIpc) is 3.01. The molecule has 8 heteroatoms. The van der Waals surface area contributed by atoms with Crippen molar-refractivity contribution in [1.82, 2.24) is 0 Å². The topological polar surface area (TPSA) is 112 Å². The van der Waals surface area contributed by atoms with Crippen LogP contribution in [0.4, 0.5) is 0 Å². The predicted molar refractivity (Wildman–Crippen MR) is 188 cm³/mol. The monoisotopic (exact) mass is 656 g/mol. The number of hydrogen-bond acceptors (Lipinski definition) is 8. The molecule has 0 saturated heterocycles. The van der Waals surface area contributed by atoms with Crippen LogP contribution in [0.1, 0.15) is 100 Å². The van der Waals surface area contributed by atoms with E-state index >= 15 is 0 Å². The van der Waals surface area contributed by atoms with Gasteiger partial charge in [0.1, 0.15) is 28.6 Å². The maximum Gasteiger partial charge on any atom is 0.196 e. The quantitative estimate of drug-likeness (QED) is 0.108. The molecule has 0 fully saturated rings. The van der Waals surface area contributed by atoms with Gasteiger partial charge in [-0.05, 0) is 128 Å². The van der Waals surface area contributed by atoms with Gasteiger partial charge in [0.15, 0.2) is 23.1 Å². The van der Waals surface area contributed by atoms with E-state index in [0.29, 0.717) is 35.0 Å². The number of ketones is 2. The molecule has 0 heterocycles. The Morgan fingerprint density at radius 2 is 1.23 bits per heavy atom. The van der Waals surface area contributed by atoms with E-state index in [0.717, 1.165) is 18.6 Å². The zero-order valence-electron chi connectivity index (χ0n) is 29.2. The third-order valence-corrected chi connectivity index (χ3v) is 6.62. The summed E-state index contributed by atoms with van der Waals surface area (Å²) in [4.78, 5) is 25.2. The van der Waals surface area contributed by atoms with E-state index in [2.05, 4.69) is 6.92 Å². The van der Waals surface area contributed by atoms with E-state index in [1.165, 1.54) is 6.07 Å². The van der Waals surface area contributed by atoms with E-state index in [9.17, 15) is 19.8 Å². The summed E-state index contributed by atoms with van der Waals surface area (Å²) in [6.07, 6.45) is 1.99. The number of unbranched alkanes of at least 4 members (excludes halogenated alkanes) is 1. The molecular formula is C40H48O8. The molecule has 4 aromatic rings. The number of phenols is 2. The number of ether oxygens (including phenoxy) is 4. The van der Waals surface area contributed by atoms with Crippen molar-refractivity contribution in [1.29, 1.82) is 0 Å². The molecule has 0 spiro atoms. The van der Waals surface area contributed by atoms with E-state index in [-0.39, 0.29) is 52.0 Å². The number of carbonyl (C=O) groups excluding carboxylic acids is 2. The Kier molecular flexibility index (Phi) is 13.5. The number of rotatable bonds is 13. The molecule has 0 aliphatic heterocycles. The van der Waals surface area contributed by atoms with Crippen LogP contribution in [0, 0.1) is 0 Å². The number of hydrogen-bond donors (Lipinski definition) is 2. The lowest BCUT2D eigenvalue weighted by Crippen LogP contribution is -2.22. The van der Waals surface area contributed by atoms with Gasteiger partial charge in [-0.25, -0.2) is 0 Å². The SMILES string of the molecule is CC(C)Oc1cccc(C(=O)c2ccc(OC(C)(C)C)cc2)c1O.CCCCOc1ccc(C(=O)c2ccc(OC(C)C)cc2O)cc1. The van der Waals surface area contributed by atoms with E-state index in [1.807, 2.05) is 48.5 Å². The van der Waals surface area contributed by atoms with Crippen molar-refractivity contribution < 1.29 is 38.7 Å². The van der Waals surface area contributed by atoms with Crippen LogP contribution in [0.5, 0.6) is 34.5 Å². The van der Waals surface area contributed by atoms with Gasteiger partial charge in [-0.2, -0.15) is 0 Å². The fourth-order valence-electron chi connectivity index (χ4n) is 4.48. The first-order chi connectivity index (χ1) is 22.7. The number of para-hydroxylation sites is 1. The van der Waals surface area contributed by atoms with Crippen LogP contribution in [0.3, 0.4) is 0 Å². The fraction of sp³-hybridized carbons (Fsp3) is 0.350. The molecule has 8 nitrogen and oxygen atoms in total. The highest BCUT2D eigenvalue weighted by Crippen LogP contribution is 2.32. The molecule has 48 heavy (non-hydrogen) atoms. The lowest BCUT2D eigenvalue weighted by Gasteiger charge is -2.21. The van der Waals surface area contributed by atoms with Crippen LogP contribution >= 0.6 is 0 Å². The molecule has 0 bridgehead atoms. The second-order valence-corrected chi connectivity index (χ2v) is 12.8. The zero-order valence-corrected chi connectivity index (χ0v) is 29.2. The van der Waals surface area contributed by atoms with Gasteiger partial charge < -0.3 is 29.2 Å². The highest BCUT2D eigenvalue weighted by molar-refractivity contribution is 6.11. The van der Waals surface area contributed by atoms with Crippen molar-refractivity contribution in [3.63, 3.8) is 0 Å². The number of phenolic OH excluding ortho intramolecular Hbond substituents is 2. The van der Waals surface area contributed by atoms with Crippen LogP contribution < -0.4 is 18.9 Å². The zero-order chi connectivity index (χ0) is 35.4. The van der Waals surface area contributed by atoms with Crippen molar-refractivity contribution in [3.05, 3.63) is 107 Å². The number of aromatic hydroxyl groups is 2. The molecular weight excluding hydrogens is 608 g/mol. The molecule has 4 rings (SSSR count). The predicted octanol–water partition coefficient (Wildman–Crippen LogP) is 9.18. The van der Waals surface area contributed by atoms with Crippen LogP contribution in [-0.4, -0.2) is 46.2 Å². The minimum Gasteiger partial charge on any atom is -0.507 e. The van der Waals surface area contributed by atoms with Crippen LogP contribution in [0.15, 0.2) is 84.9 Å². The van der Waals surface area contributed by atoms with Crippen LogP contribution in [0.25, 0.3) is 0 Å². The molecule has 0 aromatic heterocycles. The Morgan fingerprint density at radius 3 is 1.75 bits per heavy atom. The number of carbonyl (C=O) groups is 2. The smallest absolute Gasteiger partial charge is 0.196 e. The molecule has 0 aliphatic carbocycles. The third-order valence-electron chi connectivity index (χ3n) is 6.62. The van der Waals surface area contributed by atoms with Gasteiger partial charge in [0.05, 0.1) is 29.9 Å². The molecule has 256 valence electrons. The van der Waals surface area contributed by atoms with Crippen molar-refractivity contribution in [3.8, 4) is 34.5 Å². The maximum atomic E-state index is 12.6. The van der Waals surface area contributed by atoms with E-state index in [4.69, 9.17) is 18.9 Å². The van der Waals surface area contributed by atoms with Crippen molar-refractivity contribution in [2.45, 2.75) is 86.0 Å². The Labute approximate surface area is 284 Å². The molecule has 0 saturated carbocycles. The summed E-state index contributed by atoms with van der Waals surface area (Å²) >= 11 is 0. The molecule has 2 N–H and O–H groups in total. The Morgan fingerprint density at radius 1 is 0.688 bits per heavy atom.